The lowest BCUT2D eigenvalue weighted by Gasteiger charge is -2.19. The second-order valence-electron chi connectivity index (χ2n) is 4.91. The first kappa shape index (κ1) is 13.8. The van der Waals surface area contributed by atoms with Crippen LogP contribution in [0.4, 0.5) is 0 Å². The number of hydrogen-bond acceptors (Lipinski definition) is 2. The fourth-order valence-electron chi connectivity index (χ4n) is 2.62. The summed E-state index contributed by atoms with van der Waals surface area (Å²) in [6.07, 6.45) is 0. The minimum absolute atomic E-state index is 0.226. The van der Waals surface area contributed by atoms with Crippen LogP contribution < -0.4 is 5.32 Å². The molecule has 1 aromatic heterocycles. The number of benzene rings is 2. The Bertz CT molecular complexity index is 748. The van der Waals surface area contributed by atoms with E-state index in [1.165, 1.54) is 26.8 Å². The van der Waals surface area contributed by atoms with Crippen molar-refractivity contribution >= 4 is 37.4 Å². The number of hydrogen-bond donors (Lipinski definition) is 1. The molecule has 0 bridgehead atoms. The lowest BCUT2D eigenvalue weighted by atomic mass is 9.95. The summed E-state index contributed by atoms with van der Waals surface area (Å²) in [5.41, 5.74) is 3.99. The van der Waals surface area contributed by atoms with Gasteiger partial charge in [-0.3, -0.25) is 0 Å². The van der Waals surface area contributed by atoms with Crippen LogP contribution in [0.2, 0.25) is 0 Å². The highest BCUT2D eigenvalue weighted by Crippen LogP contribution is 2.35. The van der Waals surface area contributed by atoms with Gasteiger partial charge < -0.3 is 5.32 Å². The maximum Gasteiger partial charge on any atom is 0.0591 e. The molecule has 102 valence electrons. The fraction of sp³-hybridized carbons (Fsp3) is 0.176. The number of thiophene rings is 1. The zero-order valence-corrected chi connectivity index (χ0v) is 13.9. The Morgan fingerprint density at radius 2 is 1.90 bits per heavy atom. The highest BCUT2D eigenvalue weighted by atomic mass is 79.9. The smallest absolute Gasteiger partial charge is 0.0591 e. The highest BCUT2D eigenvalue weighted by Gasteiger charge is 2.18. The van der Waals surface area contributed by atoms with Gasteiger partial charge in [-0.2, -0.15) is 0 Å². The predicted molar refractivity (Wildman–Crippen MR) is 91.6 cm³/mol. The van der Waals surface area contributed by atoms with Gasteiger partial charge in [0.25, 0.3) is 0 Å². The lowest BCUT2D eigenvalue weighted by molar-refractivity contribution is 0.694. The van der Waals surface area contributed by atoms with Crippen LogP contribution in [0, 0.1) is 6.92 Å². The molecule has 3 aromatic rings. The van der Waals surface area contributed by atoms with E-state index in [9.17, 15) is 0 Å². The van der Waals surface area contributed by atoms with E-state index in [0.717, 1.165) is 4.47 Å². The molecule has 0 saturated carbocycles. The molecule has 20 heavy (non-hydrogen) atoms. The molecule has 3 rings (SSSR count). The Balaban J connectivity index is 2.16. The van der Waals surface area contributed by atoms with Crippen molar-refractivity contribution in [1.29, 1.82) is 0 Å². The minimum Gasteiger partial charge on any atom is -0.309 e. The van der Waals surface area contributed by atoms with Gasteiger partial charge >= 0.3 is 0 Å². The molecular formula is C17H16BrNS. The van der Waals surface area contributed by atoms with Crippen molar-refractivity contribution < 1.29 is 0 Å². The molecule has 0 radical (unpaired) electrons. The van der Waals surface area contributed by atoms with E-state index in [1.807, 2.05) is 18.4 Å². The number of fused-ring (bicyclic) bond motifs is 1. The maximum atomic E-state index is 3.58. The van der Waals surface area contributed by atoms with Crippen LogP contribution in [0.5, 0.6) is 0 Å². The van der Waals surface area contributed by atoms with Crippen LogP contribution in [-0.4, -0.2) is 7.05 Å². The summed E-state index contributed by atoms with van der Waals surface area (Å²) in [5.74, 6) is 0. The summed E-state index contributed by atoms with van der Waals surface area (Å²) >= 11 is 5.39. The van der Waals surface area contributed by atoms with Crippen LogP contribution in [0.3, 0.4) is 0 Å². The summed E-state index contributed by atoms with van der Waals surface area (Å²) in [6, 6.07) is 15.3. The molecule has 1 unspecified atom stereocenters. The third-order valence-electron chi connectivity index (χ3n) is 3.66. The first-order valence-corrected chi connectivity index (χ1v) is 8.27. The standard InChI is InChI=1S/C17H16BrNS/c1-11-7-8-12(18)9-14(11)17(19-2)15-10-20-16-6-4-3-5-13(15)16/h3-10,17,19H,1-2H3. The molecule has 0 spiro atoms. The van der Waals surface area contributed by atoms with Gasteiger partial charge in [0, 0.05) is 9.17 Å². The summed E-state index contributed by atoms with van der Waals surface area (Å²) in [7, 11) is 2.03. The topological polar surface area (TPSA) is 12.0 Å². The van der Waals surface area contributed by atoms with E-state index in [1.54, 1.807) is 0 Å². The Kier molecular flexibility index (Phi) is 3.92. The molecule has 1 nitrogen and oxygen atoms in total. The Hall–Kier alpha value is -1.16. The molecule has 0 aliphatic carbocycles. The van der Waals surface area contributed by atoms with Crippen LogP contribution in [-0.2, 0) is 0 Å². The van der Waals surface area contributed by atoms with Crippen molar-refractivity contribution in [1.82, 2.24) is 5.32 Å². The summed E-state index contributed by atoms with van der Waals surface area (Å²) in [4.78, 5) is 0. The largest absolute Gasteiger partial charge is 0.309 e. The van der Waals surface area contributed by atoms with Gasteiger partial charge in [0.05, 0.1) is 6.04 Å². The van der Waals surface area contributed by atoms with Crippen LogP contribution in [0.15, 0.2) is 52.3 Å². The average Bonchev–Trinajstić information content (AvgIpc) is 2.88. The number of halogens is 1. The van der Waals surface area contributed by atoms with Gasteiger partial charge in [0.15, 0.2) is 0 Å². The first-order chi connectivity index (χ1) is 9.70. The van der Waals surface area contributed by atoms with E-state index in [4.69, 9.17) is 0 Å². The highest BCUT2D eigenvalue weighted by molar-refractivity contribution is 9.10. The Morgan fingerprint density at radius 1 is 1.10 bits per heavy atom. The maximum absolute atomic E-state index is 3.58. The van der Waals surface area contributed by atoms with Crippen molar-refractivity contribution in [3.05, 3.63) is 69.0 Å². The quantitative estimate of drug-likeness (QED) is 0.680. The zero-order chi connectivity index (χ0) is 14.1. The lowest BCUT2D eigenvalue weighted by Crippen LogP contribution is -2.18. The average molecular weight is 346 g/mol. The predicted octanol–water partition coefficient (Wildman–Crippen LogP) is 5.28. The number of rotatable bonds is 3. The SMILES string of the molecule is CNC(c1cc(Br)ccc1C)c1csc2ccccc12. The number of nitrogens with one attached hydrogen (secondary N) is 1. The Morgan fingerprint density at radius 3 is 2.70 bits per heavy atom. The normalized spacial score (nSPS) is 12.8. The summed E-state index contributed by atoms with van der Waals surface area (Å²) < 4.78 is 2.47. The fourth-order valence-corrected chi connectivity index (χ4v) is 3.99. The molecule has 1 atom stereocenters. The minimum atomic E-state index is 0.226. The van der Waals surface area contributed by atoms with Gasteiger partial charge in [0.2, 0.25) is 0 Å². The van der Waals surface area contributed by atoms with Crippen LogP contribution >= 0.6 is 27.3 Å². The van der Waals surface area contributed by atoms with Gasteiger partial charge in [-0.15, -0.1) is 11.3 Å². The van der Waals surface area contributed by atoms with Crippen molar-refractivity contribution in [3.63, 3.8) is 0 Å². The van der Waals surface area contributed by atoms with Gasteiger partial charge in [-0.25, -0.2) is 0 Å². The molecular weight excluding hydrogens is 330 g/mol. The molecule has 0 saturated heterocycles. The van der Waals surface area contributed by atoms with Gasteiger partial charge in [-0.05, 0) is 59.6 Å². The Labute approximate surface area is 131 Å². The molecule has 0 fully saturated rings. The van der Waals surface area contributed by atoms with Crippen LogP contribution in [0.1, 0.15) is 22.7 Å². The third kappa shape index (κ3) is 2.41. The van der Waals surface area contributed by atoms with E-state index >= 15 is 0 Å². The van der Waals surface area contributed by atoms with E-state index in [2.05, 4.69) is 76.0 Å². The molecule has 0 amide bonds. The molecule has 1 heterocycles. The molecule has 1 N–H and O–H groups in total. The third-order valence-corrected chi connectivity index (χ3v) is 5.14. The van der Waals surface area contributed by atoms with Gasteiger partial charge in [0.1, 0.15) is 0 Å². The second-order valence-corrected chi connectivity index (χ2v) is 6.74. The number of aryl methyl sites for hydroxylation is 1. The monoisotopic (exact) mass is 345 g/mol. The molecule has 2 aromatic carbocycles. The summed E-state index contributed by atoms with van der Waals surface area (Å²) in [6.45, 7) is 2.17. The van der Waals surface area contributed by atoms with Crippen molar-refractivity contribution in [2.24, 2.45) is 0 Å². The zero-order valence-electron chi connectivity index (χ0n) is 11.5. The molecule has 3 heteroatoms. The molecule has 0 aliphatic rings. The van der Waals surface area contributed by atoms with E-state index in [0.29, 0.717) is 0 Å². The van der Waals surface area contributed by atoms with Crippen molar-refractivity contribution in [2.75, 3.05) is 7.05 Å². The van der Waals surface area contributed by atoms with Gasteiger partial charge in [-0.1, -0.05) is 40.2 Å². The van der Waals surface area contributed by atoms with E-state index < -0.39 is 0 Å². The van der Waals surface area contributed by atoms with E-state index in [-0.39, 0.29) is 6.04 Å². The molecule has 0 aliphatic heterocycles. The summed E-state index contributed by atoms with van der Waals surface area (Å²) in [5, 5.41) is 7.08. The first-order valence-electron chi connectivity index (χ1n) is 6.60. The van der Waals surface area contributed by atoms with Crippen molar-refractivity contribution in [2.45, 2.75) is 13.0 Å². The second kappa shape index (κ2) is 5.68. The van der Waals surface area contributed by atoms with Crippen molar-refractivity contribution in [3.8, 4) is 0 Å². The van der Waals surface area contributed by atoms with Crippen LogP contribution in [0.25, 0.3) is 10.1 Å².